The van der Waals surface area contributed by atoms with Crippen LogP contribution in [0.25, 0.3) is 0 Å². The molecule has 3 rings (SSSR count). The molecule has 0 radical (unpaired) electrons. The molecule has 2 aliphatic rings. The average Bonchev–Trinajstić information content (AvgIpc) is 3.19. The lowest BCUT2D eigenvalue weighted by Crippen LogP contribution is -2.30. The van der Waals surface area contributed by atoms with Gasteiger partial charge in [0.2, 0.25) is 0 Å². The summed E-state index contributed by atoms with van der Waals surface area (Å²) in [5.74, 6) is 3.95. The number of nitrogens with zero attached hydrogens (tertiary/aromatic N) is 1. The second kappa shape index (κ2) is 12.4. The van der Waals surface area contributed by atoms with Crippen LogP contribution in [0.1, 0.15) is 132 Å². The summed E-state index contributed by atoms with van der Waals surface area (Å²) in [5, 5.41) is 1.41. The van der Waals surface area contributed by atoms with Crippen LogP contribution in [0.2, 0.25) is 0 Å². The Labute approximate surface area is 179 Å². The van der Waals surface area contributed by atoms with Crippen molar-refractivity contribution in [1.82, 2.24) is 4.98 Å². The average molecular weight is 404 g/mol. The van der Waals surface area contributed by atoms with Gasteiger partial charge in [-0.2, -0.15) is 0 Å². The first-order chi connectivity index (χ1) is 13.8. The molecule has 0 bridgehead atoms. The zero-order chi connectivity index (χ0) is 19.6. The minimum atomic E-state index is 0.827. The third-order valence-electron chi connectivity index (χ3n) is 7.66. The number of unbranched alkanes of at least 4 members (excludes halogenated alkanes) is 7. The summed E-state index contributed by atoms with van der Waals surface area (Å²) in [4.78, 5) is 6.42. The quantitative estimate of drug-likeness (QED) is 0.317. The number of aryl methyl sites for hydroxylation is 1. The van der Waals surface area contributed by atoms with Crippen LogP contribution in [0.3, 0.4) is 0 Å². The highest BCUT2D eigenvalue weighted by molar-refractivity contribution is 7.11. The van der Waals surface area contributed by atoms with E-state index in [2.05, 4.69) is 31.4 Å². The third kappa shape index (κ3) is 6.85. The standard InChI is InChI=1S/C26H45NS/c1-3-5-7-8-9-11-13-26-27-20-25(28-26)24-17-16-22-18-21(12-10-6-4-2)14-15-23(22)19-24/h20-24H,3-19H2,1-2H3. The molecule has 0 N–H and O–H groups in total. The largest absolute Gasteiger partial charge is 0.249 e. The SMILES string of the molecule is CCCCCCCCc1ncc(C2CCC3CC(CCCCC)CCC3C2)s1. The van der Waals surface area contributed by atoms with Gasteiger partial charge in [-0.25, -0.2) is 4.98 Å². The highest BCUT2D eigenvalue weighted by atomic mass is 32.1. The maximum absolute atomic E-state index is 4.80. The fraction of sp³-hybridized carbons (Fsp3) is 0.885. The fourth-order valence-corrected chi connectivity index (χ4v) is 6.99. The van der Waals surface area contributed by atoms with Crippen molar-refractivity contribution in [2.24, 2.45) is 17.8 Å². The Morgan fingerprint density at radius 1 is 0.821 bits per heavy atom. The zero-order valence-electron chi connectivity index (χ0n) is 18.8. The molecule has 0 aromatic carbocycles. The minimum absolute atomic E-state index is 0.827. The van der Waals surface area contributed by atoms with E-state index in [1.165, 1.54) is 108 Å². The first-order valence-electron chi connectivity index (χ1n) is 12.7. The second-order valence-corrected chi connectivity index (χ2v) is 11.0. The molecule has 1 heterocycles. The number of hydrogen-bond donors (Lipinski definition) is 0. The smallest absolute Gasteiger partial charge is 0.0927 e. The van der Waals surface area contributed by atoms with Crippen LogP contribution in [0.5, 0.6) is 0 Å². The molecular formula is C26H45NS. The monoisotopic (exact) mass is 403 g/mol. The van der Waals surface area contributed by atoms with Crippen molar-refractivity contribution < 1.29 is 0 Å². The van der Waals surface area contributed by atoms with Gasteiger partial charge in [0.15, 0.2) is 0 Å². The lowest BCUT2D eigenvalue weighted by Gasteiger charge is -2.42. The van der Waals surface area contributed by atoms with Crippen LogP contribution in [0, 0.1) is 17.8 Å². The number of aromatic nitrogens is 1. The van der Waals surface area contributed by atoms with Crippen LogP contribution in [-0.4, -0.2) is 4.98 Å². The topological polar surface area (TPSA) is 12.9 Å². The molecule has 0 saturated heterocycles. The van der Waals surface area contributed by atoms with E-state index in [0.717, 1.165) is 23.7 Å². The van der Waals surface area contributed by atoms with E-state index in [4.69, 9.17) is 4.98 Å². The number of rotatable bonds is 12. The molecule has 0 amide bonds. The maximum Gasteiger partial charge on any atom is 0.0927 e. The van der Waals surface area contributed by atoms with Crippen molar-refractivity contribution in [3.8, 4) is 0 Å². The molecule has 2 saturated carbocycles. The molecule has 1 aromatic rings. The van der Waals surface area contributed by atoms with E-state index < -0.39 is 0 Å². The molecule has 4 unspecified atom stereocenters. The number of fused-ring (bicyclic) bond motifs is 1. The Bertz CT molecular complexity index is 536. The summed E-state index contributed by atoms with van der Waals surface area (Å²) < 4.78 is 0. The van der Waals surface area contributed by atoms with Gasteiger partial charge >= 0.3 is 0 Å². The van der Waals surface area contributed by atoms with Crippen LogP contribution in [0.15, 0.2) is 6.20 Å². The minimum Gasteiger partial charge on any atom is -0.249 e. The van der Waals surface area contributed by atoms with E-state index in [-0.39, 0.29) is 0 Å². The molecule has 2 aliphatic carbocycles. The van der Waals surface area contributed by atoms with Crippen LogP contribution in [0.4, 0.5) is 0 Å². The van der Waals surface area contributed by atoms with Gasteiger partial charge in [0.1, 0.15) is 0 Å². The first kappa shape index (κ1) is 22.3. The van der Waals surface area contributed by atoms with Crippen molar-refractivity contribution in [3.63, 3.8) is 0 Å². The van der Waals surface area contributed by atoms with E-state index >= 15 is 0 Å². The molecule has 2 fully saturated rings. The molecular weight excluding hydrogens is 358 g/mol. The van der Waals surface area contributed by atoms with Crippen LogP contribution >= 0.6 is 11.3 Å². The summed E-state index contributed by atoms with van der Waals surface area (Å²) in [7, 11) is 0. The van der Waals surface area contributed by atoms with E-state index in [9.17, 15) is 0 Å². The number of thiazole rings is 1. The molecule has 4 atom stereocenters. The number of hydrogen-bond acceptors (Lipinski definition) is 2. The molecule has 1 nitrogen and oxygen atoms in total. The van der Waals surface area contributed by atoms with Gasteiger partial charge in [-0.3, -0.25) is 0 Å². The van der Waals surface area contributed by atoms with E-state index in [0.29, 0.717) is 0 Å². The second-order valence-electron chi connectivity index (χ2n) is 9.88. The van der Waals surface area contributed by atoms with Gasteiger partial charge < -0.3 is 0 Å². The van der Waals surface area contributed by atoms with Crippen LogP contribution < -0.4 is 0 Å². The summed E-state index contributed by atoms with van der Waals surface area (Å²) in [6.45, 7) is 4.63. The Hall–Kier alpha value is -0.370. The fourth-order valence-electron chi connectivity index (χ4n) is 5.88. The molecule has 2 heteroatoms. The maximum atomic E-state index is 4.80. The predicted octanol–water partition coefficient (Wildman–Crippen LogP) is 8.93. The summed E-state index contributed by atoms with van der Waals surface area (Å²) in [6, 6.07) is 0. The zero-order valence-corrected chi connectivity index (χ0v) is 19.6. The molecule has 160 valence electrons. The summed E-state index contributed by atoms with van der Waals surface area (Å²) in [6.07, 6.45) is 26.6. The van der Waals surface area contributed by atoms with Gasteiger partial charge in [0, 0.05) is 11.1 Å². The normalized spacial score (nSPS) is 27.6. The molecule has 0 spiro atoms. The van der Waals surface area contributed by atoms with Gasteiger partial charge in [-0.15, -0.1) is 11.3 Å². The first-order valence-corrected chi connectivity index (χ1v) is 13.6. The van der Waals surface area contributed by atoms with E-state index in [1.54, 1.807) is 11.3 Å². The highest BCUT2D eigenvalue weighted by Gasteiger charge is 2.36. The summed E-state index contributed by atoms with van der Waals surface area (Å²) >= 11 is 2.05. The third-order valence-corrected chi connectivity index (χ3v) is 8.88. The Morgan fingerprint density at radius 2 is 1.54 bits per heavy atom. The Morgan fingerprint density at radius 3 is 2.39 bits per heavy atom. The summed E-state index contributed by atoms with van der Waals surface area (Å²) in [5.41, 5.74) is 0. The van der Waals surface area contributed by atoms with Crippen molar-refractivity contribution in [3.05, 3.63) is 16.1 Å². The highest BCUT2D eigenvalue weighted by Crippen LogP contribution is 2.49. The molecule has 0 aliphatic heterocycles. The van der Waals surface area contributed by atoms with Crippen LogP contribution in [-0.2, 0) is 6.42 Å². The van der Waals surface area contributed by atoms with Crippen molar-refractivity contribution in [2.75, 3.05) is 0 Å². The van der Waals surface area contributed by atoms with Gasteiger partial charge in [0.05, 0.1) is 5.01 Å². The molecule has 1 aromatic heterocycles. The lowest BCUT2D eigenvalue weighted by atomic mass is 9.64. The van der Waals surface area contributed by atoms with Crippen molar-refractivity contribution in [1.29, 1.82) is 0 Å². The van der Waals surface area contributed by atoms with Crippen molar-refractivity contribution >= 4 is 11.3 Å². The molecule has 28 heavy (non-hydrogen) atoms. The van der Waals surface area contributed by atoms with Crippen molar-refractivity contribution in [2.45, 2.75) is 129 Å². The van der Waals surface area contributed by atoms with Gasteiger partial charge in [-0.05, 0) is 68.6 Å². The predicted molar refractivity (Wildman–Crippen MR) is 124 cm³/mol. The van der Waals surface area contributed by atoms with Gasteiger partial charge in [0.25, 0.3) is 0 Å². The van der Waals surface area contributed by atoms with E-state index in [1.807, 2.05) is 0 Å². The Balaban J connectivity index is 1.38. The lowest BCUT2D eigenvalue weighted by molar-refractivity contribution is 0.114. The van der Waals surface area contributed by atoms with Gasteiger partial charge in [-0.1, -0.05) is 78.1 Å². The Kier molecular flexibility index (Phi) is 9.85.